The van der Waals surface area contributed by atoms with E-state index in [0.29, 0.717) is 23.1 Å². The Bertz CT molecular complexity index is 930. The van der Waals surface area contributed by atoms with Crippen molar-refractivity contribution in [3.63, 3.8) is 0 Å². The van der Waals surface area contributed by atoms with Gasteiger partial charge in [-0.05, 0) is 26.0 Å². The van der Waals surface area contributed by atoms with Gasteiger partial charge in [-0.2, -0.15) is 5.10 Å². The number of hydrogen-bond donors (Lipinski definition) is 0. The molecule has 7 heteroatoms. The first-order valence-corrected chi connectivity index (χ1v) is 8.57. The van der Waals surface area contributed by atoms with Gasteiger partial charge in [0.25, 0.3) is 0 Å². The van der Waals surface area contributed by atoms with Gasteiger partial charge in [0.05, 0.1) is 16.1 Å². The smallest absolute Gasteiger partial charge is 0.308 e. The molecule has 1 aromatic carbocycles. The van der Waals surface area contributed by atoms with Crippen molar-refractivity contribution in [2.75, 3.05) is 0 Å². The van der Waals surface area contributed by atoms with Gasteiger partial charge in [0.15, 0.2) is 5.75 Å². The maximum Gasteiger partial charge on any atom is 0.308 e. The highest BCUT2D eigenvalue weighted by Gasteiger charge is 2.17. The maximum atomic E-state index is 11.3. The second kappa shape index (κ2) is 6.45. The van der Waals surface area contributed by atoms with E-state index >= 15 is 0 Å². The molecule has 5 nitrogen and oxygen atoms in total. The van der Waals surface area contributed by atoms with Crippen molar-refractivity contribution in [2.45, 2.75) is 27.4 Å². The second-order valence-electron chi connectivity index (χ2n) is 5.56. The zero-order valence-corrected chi connectivity index (χ0v) is 15.4. The van der Waals surface area contributed by atoms with Gasteiger partial charge in [0.2, 0.25) is 0 Å². The Hall–Kier alpha value is -2.05. The van der Waals surface area contributed by atoms with E-state index in [2.05, 4.69) is 5.10 Å². The number of carbonyl (C=O) groups is 1. The Morgan fingerprint density at radius 2 is 2.12 bits per heavy atom. The Balaban J connectivity index is 1.91. The summed E-state index contributed by atoms with van der Waals surface area (Å²) < 4.78 is 13.9. The van der Waals surface area contributed by atoms with Gasteiger partial charge in [-0.3, -0.25) is 9.48 Å². The van der Waals surface area contributed by atoms with Crippen molar-refractivity contribution < 1.29 is 14.3 Å². The highest BCUT2D eigenvalue weighted by Crippen LogP contribution is 2.43. The van der Waals surface area contributed by atoms with Gasteiger partial charge in [-0.15, -0.1) is 11.3 Å². The topological polar surface area (TPSA) is 53.4 Å². The van der Waals surface area contributed by atoms with Crippen molar-refractivity contribution in [1.29, 1.82) is 0 Å². The molecule has 0 N–H and O–H groups in total. The summed E-state index contributed by atoms with van der Waals surface area (Å²) in [4.78, 5) is 12.2. The van der Waals surface area contributed by atoms with Crippen molar-refractivity contribution in [2.24, 2.45) is 7.05 Å². The van der Waals surface area contributed by atoms with Gasteiger partial charge in [-0.1, -0.05) is 11.6 Å². The molecule has 0 amide bonds. The minimum Gasteiger partial charge on any atom is -0.489 e. The fourth-order valence-electron chi connectivity index (χ4n) is 2.55. The minimum atomic E-state index is -0.360. The van der Waals surface area contributed by atoms with Crippen molar-refractivity contribution in [3.05, 3.63) is 39.5 Å². The lowest BCUT2D eigenvalue weighted by Gasteiger charge is -2.07. The number of hydrogen-bond acceptors (Lipinski definition) is 5. The van der Waals surface area contributed by atoms with E-state index in [0.717, 1.165) is 26.2 Å². The Morgan fingerprint density at radius 1 is 1.38 bits per heavy atom. The first-order valence-electron chi connectivity index (χ1n) is 7.38. The van der Waals surface area contributed by atoms with Crippen molar-refractivity contribution in [1.82, 2.24) is 9.78 Å². The van der Waals surface area contributed by atoms with Crippen LogP contribution in [-0.2, 0) is 18.4 Å². The average Bonchev–Trinajstić information content (AvgIpc) is 2.96. The van der Waals surface area contributed by atoms with Crippen LogP contribution < -0.4 is 9.47 Å². The second-order valence-corrected chi connectivity index (χ2v) is 7.22. The summed E-state index contributed by atoms with van der Waals surface area (Å²) in [5.74, 6) is 0.842. The van der Waals surface area contributed by atoms with E-state index in [1.54, 1.807) is 10.7 Å². The maximum absolute atomic E-state index is 11.3. The van der Waals surface area contributed by atoms with Gasteiger partial charge in [0, 0.05) is 35.3 Å². The van der Waals surface area contributed by atoms with E-state index in [4.69, 9.17) is 21.1 Å². The standard InChI is InChI=1S/C17H17ClN2O3S/c1-9-12(7-20(4)19-9)8-22-13-5-14(18)16-15(6-13)24-10(2)17(16)23-11(3)21/h5-7H,8H2,1-4H3. The number of aromatic nitrogens is 2. The molecule has 3 aromatic rings. The molecule has 0 aliphatic rings. The molecule has 0 spiro atoms. The summed E-state index contributed by atoms with van der Waals surface area (Å²) in [6.45, 7) is 5.65. The van der Waals surface area contributed by atoms with Crippen molar-refractivity contribution >= 4 is 39.0 Å². The molecule has 0 radical (unpaired) electrons. The van der Waals surface area contributed by atoms with Crippen LogP contribution in [0.15, 0.2) is 18.3 Å². The molecular formula is C17H17ClN2O3S. The van der Waals surface area contributed by atoms with E-state index in [-0.39, 0.29) is 5.97 Å². The molecule has 3 rings (SSSR count). The monoisotopic (exact) mass is 364 g/mol. The highest BCUT2D eigenvalue weighted by molar-refractivity contribution is 7.19. The SMILES string of the molecule is CC(=O)Oc1c(C)sc2cc(OCc3cn(C)nc3C)cc(Cl)c12. The molecule has 0 unspecified atom stereocenters. The third-order valence-corrected chi connectivity index (χ3v) is 4.92. The lowest BCUT2D eigenvalue weighted by molar-refractivity contribution is -0.131. The number of nitrogens with zero attached hydrogens (tertiary/aromatic N) is 2. The van der Waals surface area contributed by atoms with Gasteiger partial charge in [-0.25, -0.2) is 0 Å². The van der Waals surface area contributed by atoms with E-state index in [1.807, 2.05) is 33.2 Å². The van der Waals surface area contributed by atoms with Crippen LogP contribution in [0.5, 0.6) is 11.5 Å². The fourth-order valence-corrected chi connectivity index (χ4v) is 3.94. The number of aryl methyl sites for hydroxylation is 3. The lowest BCUT2D eigenvalue weighted by Crippen LogP contribution is -2.01. The molecule has 0 bridgehead atoms. The molecular weight excluding hydrogens is 348 g/mol. The van der Waals surface area contributed by atoms with E-state index in [1.165, 1.54) is 18.3 Å². The van der Waals surface area contributed by atoms with Gasteiger partial charge >= 0.3 is 5.97 Å². The fraction of sp³-hybridized carbons (Fsp3) is 0.294. The zero-order chi connectivity index (χ0) is 17.4. The third-order valence-electron chi connectivity index (χ3n) is 3.59. The molecule has 2 aromatic heterocycles. The number of fused-ring (bicyclic) bond motifs is 1. The van der Waals surface area contributed by atoms with Crippen LogP contribution in [0.25, 0.3) is 10.1 Å². The average molecular weight is 365 g/mol. The van der Waals surface area contributed by atoms with Crippen LogP contribution in [0.1, 0.15) is 23.1 Å². The van der Waals surface area contributed by atoms with Crippen LogP contribution in [0.3, 0.4) is 0 Å². The van der Waals surface area contributed by atoms with Crippen LogP contribution in [0.2, 0.25) is 5.02 Å². The van der Waals surface area contributed by atoms with Crippen LogP contribution >= 0.6 is 22.9 Å². The molecule has 126 valence electrons. The molecule has 0 aliphatic heterocycles. The number of rotatable bonds is 4. The van der Waals surface area contributed by atoms with Crippen molar-refractivity contribution in [3.8, 4) is 11.5 Å². The summed E-state index contributed by atoms with van der Waals surface area (Å²) in [5, 5.41) is 5.55. The number of halogens is 1. The molecule has 24 heavy (non-hydrogen) atoms. The molecule has 0 saturated carbocycles. The zero-order valence-electron chi connectivity index (χ0n) is 13.8. The number of ether oxygens (including phenoxy) is 2. The third kappa shape index (κ3) is 3.25. The molecule has 0 fully saturated rings. The predicted molar refractivity (Wildman–Crippen MR) is 95.2 cm³/mol. The summed E-state index contributed by atoms with van der Waals surface area (Å²) >= 11 is 7.92. The lowest BCUT2D eigenvalue weighted by atomic mass is 10.2. The summed E-state index contributed by atoms with van der Waals surface area (Å²) in [5.41, 5.74) is 1.96. The molecule has 0 saturated heterocycles. The number of esters is 1. The first-order chi connectivity index (χ1) is 11.3. The summed E-state index contributed by atoms with van der Waals surface area (Å²) in [6, 6.07) is 3.66. The normalized spacial score (nSPS) is 11.0. The first kappa shape index (κ1) is 16.8. The number of benzene rings is 1. The summed E-state index contributed by atoms with van der Waals surface area (Å²) in [7, 11) is 1.88. The summed E-state index contributed by atoms with van der Waals surface area (Å²) in [6.07, 6.45) is 1.93. The Morgan fingerprint density at radius 3 is 2.75 bits per heavy atom. The molecule has 2 heterocycles. The number of thiophene rings is 1. The Kier molecular flexibility index (Phi) is 4.51. The largest absolute Gasteiger partial charge is 0.489 e. The minimum absolute atomic E-state index is 0.360. The van der Waals surface area contributed by atoms with Crippen LogP contribution in [0.4, 0.5) is 0 Å². The quantitative estimate of drug-likeness (QED) is 0.643. The van der Waals surface area contributed by atoms with Crippen LogP contribution in [-0.4, -0.2) is 15.7 Å². The van der Waals surface area contributed by atoms with Gasteiger partial charge < -0.3 is 9.47 Å². The predicted octanol–water partition coefficient (Wildman–Crippen LogP) is 4.41. The van der Waals surface area contributed by atoms with Crippen LogP contribution in [0, 0.1) is 13.8 Å². The Labute approximate surface area is 148 Å². The molecule has 0 aliphatic carbocycles. The van der Waals surface area contributed by atoms with E-state index in [9.17, 15) is 4.79 Å². The van der Waals surface area contributed by atoms with E-state index < -0.39 is 0 Å². The van der Waals surface area contributed by atoms with Gasteiger partial charge in [0.1, 0.15) is 12.4 Å². The molecule has 0 atom stereocenters. The number of carbonyl (C=O) groups excluding carboxylic acids is 1. The highest BCUT2D eigenvalue weighted by atomic mass is 35.5.